The monoisotopic (exact) mass is 746 g/mol. The van der Waals surface area contributed by atoms with Gasteiger partial charge in [-0.25, -0.2) is 0 Å². The predicted octanol–water partition coefficient (Wildman–Crippen LogP) is 10.7. The topological polar surface area (TPSA) is 83.0 Å². The standard InChI is InChI=1S/2C25H27NO2/c2*1-3-24(19-7-5-4-6-8-19)25(20-9-13-22(27)14-10-20)21-11-15-23(16-12-21)28-18-17-26-2/h2*4-16,26-27H,3,17-18H2,1-2H3/b2*25-24-. The largest absolute Gasteiger partial charge is 0.508 e. The van der Waals surface area contributed by atoms with Gasteiger partial charge in [-0.1, -0.05) is 123 Å². The molecular weight excluding hydrogens is 693 g/mol. The van der Waals surface area contributed by atoms with Crippen LogP contribution >= 0.6 is 0 Å². The Bertz CT molecular complexity index is 1950. The lowest BCUT2D eigenvalue weighted by molar-refractivity contribution is 0.318. The van der Waals surface area contributed by atoms with Crippen LogP contribution < -0.4 is 20.1 Å². The summed E-state index contributed by atoms with van der Waals surface area (Å²) < 4.78 is 11.5. The van der Waals surface area contributed by atoms with Gasteiger partial charge in [-0.05, 0) is 131 Å². The number of ether oxygens (including phenoxy) is 2. The second kappa shape index (κ2) is 21.7. The van der Waals surface area contributed by atoms with Crippen molar-refractivity contribution in [1.29, 1.82) is 0 Å². The van der Waals surface area contributed by atoms with E-state index in [1.165, 1.54) is 33.4 Å². The fraction of sp³-hybridized carbons (Fsp3) is 0.200. The maximum Gasteiger partial charge on any atom is 0.119 e. The molecule has 56 heavy (non-hydrogen) atoms. The third-order valence-electron chi connectivity index (χ3n) is 9.39. The van der Waals surface area contributed by atoms with Crippen LogP contribution in [0.1, 0.15) is 60.1 Å². The fourth-order valence-electron chi connectivity index (χ4n) is 6.59. The highest BCUT2D eigenvalue weighted by Crippen LogP contribution is 2.37. The number of phenolic OH excluding ortho intramolecular Hbond substituents is 2. The van der Waals surface area contributed by atoms with Gasteiger partial charge in [-0.15, -0.1) is 0 Å². The molecule has 0 aliphatic carbocycles. The van der Waals surface area contributed by atoms with Crippen LogP contribution in [0.15, 0.2) is 158 Å². The van der Waals surface area contributed by atoms with E-state index in [1.807, 2.05) is 74.8 Å². The number of hydrogen-bond acceptors (Lipinski definition) is 6. The first-order valence-corrected chi connectivity index (χ1v) is 19.4. The van der Waals surface area contributed by atoms with Gasteiger partial charge in [0.2, 0.25) is 0 Å². The molecule has 4 N–H and O–H groups in total. The number of allylic oxidation sites excluding steroid dienone is 2. The molecule has 0 atom stereocenters. The highest BCUT2D eigenvalue weighted by molar-refractivity contribution is 5.99. The summed E-state index contributed by atoms with van der Waals surface area (Å²) in [5, 5.41) is 25.6. The molecule has 6 nitrogen and oxygen atoms in total. The predicted molar refractivity (Wildman–Crippen MR) is 233 cm³/mol. The summed E-state index contributed by atoms with van der Waals surface area (Å²) in [6.45, 7) is 7.26. The van der Waals surface area contributed by atoms with Crippen LogP contribution in [0, 0.1) is 0 Å². The summed E-state index contributed by atoms with van der Waals surface area (Å²) in [7, 11) is 3.83. The zero-order valence-electron chi connectivity index (χ0n) is 33.0. The molecular formula is C50H54N2O4. The second-order valence-electron chi connectivity index (χ2n) is 13.2. The van der Waals surface area contributed by atoms with Crippen LogP contribution in [-0.4, -0.2) is 50.6 Å². The van der Waals surface area contributed by atoms with Gasteiger partial charge in [-0.2, -0.15) is 0 Å². The Morgan fingerprint density at radius 2 is 0.714 bits per heavy atom. The molecule has 0 bridgehead atoms. The van der Waals surface area contributed by atoms with Crippen molar-refractivity contribution in [3.8, 4) is 23.0 Å². The molecule has 6 aromatic rings. The number of phenols is 2. The summed E-state index contributed by atoms with van der Waals surface area (Å²) in [5.41, 5.74) is 11.8. The van der Waals surface area contributed by atoms with Crippen molar-refractivity contribution in [2.45, 2.75) is 26.7 Å². The number of benzene rings is 6. The van der Waals surface area contributed by atoms with E-state index in [2.05, 4.69) is 97.3 Å². The minimum absolute atomic E-state index is 0.272. The van der Waals surface area contributed by atoms with E-state index in [9.17, 15) is 10.2 Å². The molecule has 0 aliphatic rings. The number of likely N-dealkylation sites (N-methyl/N-ethyl adjacent to an activating group) is 2. The van der Waals surface area contributed by atoms with E-state index < -0.39 is 0 Å². The normalized spacial score (nSPS) is 11.8. The molecule has 0 aliphatic heterocycles. The molecule has 0 saturated heterocycles. The first-order valence-electron chi connectivity index (χ1n) is 19.4. The summed E-state index contributed by atoms with van der Waals surface area (Å²) in [5.74, 6) is 2.27. The molecule has 6 heteroatoms. The van der Waals surface area contributed by atoms with Crippen molar-refractivity contribution in [3.63, 3.8) is 0 Å². The second-order valence-corrected chi connectivity index (χ2v) is 13.2. The van der Waals surface area contributed by atoms with Gasteiger partial charge in [0.05, 0.1) is 0 Å². The molecule has 0 amide bonds. The van der Waals surface area contributed by atoms with E-state index in [0.717, 1.165) is 59.7 Å². The number of nitrogens with one attached hydrogen (secondary N) is 2. The minimum Gasteiger partial charge on any atom is -0.508 e. The fourth-order valence-corrected chi connectivity index (χ4v) is 6.59. The number of rotatable bonds is 16. The maximum atomic E-state index is 9.72. The van der Waals surface area contributed by atoms with Crippen molar-refractivity contribution in [3.05, 3.63) is 191 Å². The van der Waals surface area contributed by atoms with Gasteiger partial charge in [-0.3, -0.25) is 0 Å². The molecule has 0 spiro atoms. The average Bonchev–Trinajstić information content (AvgIpc) is 3.24. The van der Waals surface area contributed by atoms with E-state index in [0.29, 0.717) is 13.2 Å². The Morgan fingerprint density at radius 3 is 1.00 bits per heavy atom. The highest BCUT2D eigenvalue weighted by Gasteiger charge is 2.15. The van der Waals surface area contributed by atoms with Crippen LogP contribution in [0.5, 0.6) is 23.0 Å². The highest BCUT2D eigenvalue weighted by atomic mass is 16.5. The molecule has 0 radical (unpaired) electrons. The summed E-state index contributed by atoms with van der Waals surface area (Å²) in [4.78, 5) is 0. The molecule has 0 aromatic heterocycles. The van der Waals surface area contributed by atoms with Gasteiger partial charge in [0, 0.05) is 13.1 Å². The zero-order chi connectivity index (χ0) is 39.5. The van der Waals surface area contributed by atoms with Crippen molar-refractivity contribution in [2.75, 3.05) is 40.4 Å². The maximum absolute atomic E-state index is 9.72. The molecule has 0 fully saturated rings. The quantitative estimate of drug-likeness (QED) is 0.0583. The van der Waals surface area contributed by atoms with Gasteiger partial charge >= 0.3 is 0 Å². The Kier molecular flexibility index (Phi) is 15.9. The SMILES string of the molecule is CC/C(=C(\c1ccc(O)cc1)c1ccc(OCCNC)cc1)c1ccccc1.CC/C(=C(\c1ccc(O)cc1)c1ccc(OCCNC)cc1)c1ccccc1. The lowest BCUT2D eigenvalue weighted by Gasteiger charge is -2.17. The molecule has 0 unspecified atom stereocenters. The van der Waals surface area contributed by atoms with E-state index in [-0.39, 0.29) is 11.5 Å². The Hall–Kier alpha value is -6.08. The average molecular weight is 747 g/mol. The zero-order valence-corrected chi connectivity index (χ0v) is 33.0. The summed E-state index contributed by atoms with van der Waals surface area (Å²) >= 11 is 0. The molecule has 288 valence electrons. The lowest BCUT2D eigenvalue weighted by Crippen LogP contribution is -2.15. The van der Waals surface area contributed by atoms with Crippen molar-refractivity contribution < 1.29 is 19.7 Å². The van der Waals surface area contributed by atoms with Crippen LogP contribution in [0.25, 0.3) is 22.3 Å². The van der Waals surface area contributed by atoms with Crippen molar-refractivity contribution in [1.82, 2.24) is 10.6 Å². The van der Waals surface area contributed by atoms with Gasteiger partial charge < -0.3 is 30.3 Å². The molecule has 6 aromatic carbocycles. The lowest BCUT2D eigenvalue weighted by atomic mass is 9.88. The molecule has 0 saturated carbocycles. The Balaban J connectivity index is 0.000000214. The van der Waals surface area contributed by atoms with Crippen molar-refractivity contribution >= 4 is 22.3 Å². The van der Waals surface area contributed by atoms with Crippen molar-refractivity contribution in [2.24, 2.45) is 0 Å². The van der Waals surface area contributed by atoms with Crippen LogP contribution in [0.2, 0.25) is 0 Å². The summed E-state index contributed by atoms with van der Waals surface area (Å²) in [6, 6.07) is 52.3. The van der Waals surface area contributed by atoms with Gasteiger partial charge in [0.1, 0.15) is 36.2 Å². The first-order chi connectivity index (χ1) is 27.4. The summed E-state index contributed by atoms with van der Waals surface area (Å²) in [6.07, 6.45) is 1.81. The van der Waals surface area contributed by atoms with E-state index >= 15 is 0 Å². The Morgan fingerprint density at radius 1 is 0.411 bits per heavy atom. The van der Waals surface area contributed by atoms with E-state index in [1.54, 1.807) is 24.3 Å². The van der Waals surface area contributed by atoms with Gasteiger partial charge in [0.15, 0.2) is 0 Å². The molecule has 6 rings (SSSR count). The van der Waals surface area contributed by atoms with Crippen LogP contribution in [0.4, 0.5) is 0 Å². The number of hydrogen-bond donors (Lipinski definition) is 4. The Labute approximate surface area is 332 Å². The first kappa shape index (κ1) is 41.1. The smallest absolute Gasteiger partial charge is 0.119 e. The van der Waals surface area contributed by atoms with Gasteiger partial charge in [0.25, 0.3) is 0 Å². The number of aromatic hydroxyl groups is 2. The van der Waals surface area contributed by atoms with Crippen LogP contribution in [0.3, 0.4) is 0 Å². The van der Waals surface area contributed by atoms with Crippen LogP contribution in [-0.2, 0) is 0 Å². The molecule has 0 heterocycles. The minimum atomic E-state index is 0.272. The third-order valence-corrected chi connectivity index (χ3v) is 9.39. The van der Waals surface area contributed by atoms with E-state index in [4.69, 9.17) is 9.47 Å². The third kappa shape index (κ3) is 11.5.